The maximum absolute atomic E-state index is 9.76. The highest BCUT2D eigenvalue weighted by Crippen LogP contribution is 2.31. The van der Waals surface area contributed by atoms with Crippen LogP contribution in [0.15, 0.2) is 42.5 Å². The Labute approximate surface area is 114 Å². The van der Waals surface area contributed by atoms with Gasteiger partial charge in [-0.15, -0.1) is 0 Å². The lowest BCUT2D eigenvalue weighted by Gasteiger charge is -2.17. The fourth-order valence-corrected chi connectivity index (χ4v) is 2.48. The summed E-state index contributed by atoms with van der Waals surface area (Å²) in [5.41, 5.74) is 3.38. The first-order valence-corrected chi connectivity index (χ1v) is 6.76. The molecule has 0 heterocycles. The third-order valence-corrected chi connectivity index (χ3v) is 3.59. The van der Waals surface area contributed by atoms with Gasteiger partial charge in [-0.25, -0.2) is 0 Å². The second-order valence-electron chi connectivity index (χ2n) is 4.79. The number of rotatable bonds is 4. The van der Waals surface area contributed by atoms with Crippen molar-refractivity contribution in [3.8, 4) is 11.5 Å². The van der Waals surface area contributed by atoms with E-state index >= 15 is 0 Å². The Hall–Kier alpha value is -1.96. The van der Waals surface area contributed by atoms with E-state index in [1.165, 1.54) is 11.1 Å². The van der Waals surface area contributed by atoms with Crippen LogP contribution in [0.4, 0.5) is 0 Å². The SMILES string of the molecule is CCc1cc(C(CC)c2ccc(O)cc2)ccc1O. The fraction of sp³-hybridized carbons (Fsp3) is 0.294. The Morgan fingerprint density at radius 3 is 2.11 bits per heavy atom. The van der Waals surface area contributed by atoms with Crippen molar-refractivity contribution in [1.82, 2.24) is 0 Å². The predicted molar refractivity (Wildman–Crippen MR) is 77.7 cm³/mol. The number of hydrogen-bond donors (Lipinski definition) is 2. The molecule has 1 atom stereocenters. The van der Waals surface area contributed by atoms with Crippen LogP contribution in [0.3, 0.4) is 0 Å². The lowest BCUT2D eigenvalue weighted by Crippen LogP contribution is -2.00. The van der Waals surface area contributed by atoms with Gasteiger partial charge in [-0.3, -0.25) is 0 Å². The van der Waals surface area contributed by atoms with Crippen LogP contribution in [-0.4, -0.2) is 10.2 Å². The molecular weight excluding hydrogens is 236 g/mol. The maximum atomic E-state index is 9.76. The maximum Gasteiger partial charge on any atom is 0.118 e. The molecule has 0 amide bonds. The molecule has 0 saturated carbocycles. The van der Waals surface area contributed by atoms with Crippen molar-refractivity contribution in [2.24, 2.45) is 0 Å². The second kappa shape index (κ2) is 5.79. The van der Waals surface area contributed by atoms with Gasteiger partial charge < -0.3 is 10.2 Å². The van der Waals surface area contributed by atoms with E-state index in [0.29, 0.717) is 17.4 Å². The average Bonchev–Trinajstić information content (AvgIpc) is 2.43. The minimum atomic E-state index is 0.290. The Balaban J connectivity index is 2.39. The predicted octanol–water partition coefficient (Wildman–Crippen LogP) is 4.20. The molecule has 0 aliphatic rings. The zero-order valence-corrected chi connectivity index (χ0v) is 11.4. The van der Waals surface area contributed by atoms with Crippen molar-refractivity contribution in [2.75, 3.05) is 0 Å². The van der Waals surface area contributed by atoms with Gasteiger partial charge in [-0.1, -0.05) is 38.1 Å². The summed E-state index contributed by atoms with van der Waals surface area (Å²) in [6.45, 7) is 4.19. The minimum absolute atomic E-state index is 0.290. The van der Waals surface area contributed by atoms with Gasteiger partial charge in [0, 0.05) is 5.92 Å². The molecular formula is C17H20O2. The van der Waals surface area contributed by atoms with Gasteiger partial charge in [0.2, 0.25) is 0 Å². The highest BCUT2D eigenvalue weighted by Gasteiger charge is 2.13. The first-order chi connectivity index (χ1) is 9.15. The minimum Gasteiger partial charge on any atom is -0.508 e. The quantitative estimate of drug-likeness (QED) is 0.860. The summed E-state index contributed by atoms with van der Waals surface area (Å²) in [6.07, 6.45) is 1.81. The monoisotopic (exact) mass is 256 g/mol. The van der Waals surface area contributed by atoms with E-state index in [9.17, 15) is 10.2 Å². The fourth-order valence-electron chi connectivity index (χ4n) is 2.48. The van der Waals surface area contributed by atoms with E-state index in [1.807, 2.05) is 25.1 Å². The van der Waals surface area contributed by atoms with Gasteiger partial charge in [-0.05, 0) is 47.7 Å². The molecule has 19 heavy (non-hydrogen) atoms. The first-order valence-electron chi connectivity index (χ1n) is 6.76. The second-order valence-corrected chi connectivity index (χ2v) is 4.79. The van der Waals surface area contributed by atoms with Crippen molar-refractivity contribution < 1.29 is 10.2 Å². The Bertz CT molecular complexity index is 544. The van der Waals surface area contributed by atoms with Gasteiger partial charge in [0.1, 0.15) is 11.5 Å². The number of phenolic OH excluding ortho intramolecular Hbond substituents is 2. The van der Waals surface area contributed by atoms with E-state index in [4.69, 9.17) is 0 Å². The smallest absolute Gasteiger partial charge is 0.118 e. The standard InChI is InChI=1S/C17H20O2/c1-3-12-11-14(7-10-17(12)19)16(4-2)13-5-8-15(18)9-6-13/h5-11,16,18-19H,3-4H2,1-2H3. The summed E-state index contributed by atoms with van der Waals surface area (Å²) in [6, 6.07) is 13.2. The van der Waals surface area contributed by atoms with Crippen molar-refractivity contribution >= 4 is 0 Å². The summed E-state index contributed by atoms with van der Waals surface area (Å²) in [5, 5.41) is 19.1. The molecule has 2 aromatic rings. The van der Waals surface area contributed by atoms with Crippen LogP contribution in [0.5, 0.6) is 11.5 Å². The van der Waals surface area contributed by atoms with Gasteiger partial charge in [0.15, 0.2) is 0 Å². The lowest BCUT2D eigenvalue weighted by molar-refractivity contribution is 0.468. The van der Waals surface area contributed by atoms with Crippen molar-refractivity contribution in [3.05, 3.63) is 59.2 Å². The number of aromatic hydroxyl groups is 2. The highest BCUT2D eigenvalue weighted by atomic mass is 16.3. The van der Waals surface area contributed by atoms with E-state index in [-0.39, 0.29) is 0 Å². The van der Waals surface area contributed by atoms with Crippen LogP contribution in [0.25, 0.3) is 0 Å². The molecule has 0 aliphatic heterocycles. The topological polar surface area (TPSA) is 40.5 Å². The van der Waals surface area contributed by atoms with Crippen LogP contribution in [-0.2, 0) is 6.42 Å². The largest absolute Gasteiger partial charge is 0.508 e. The van der Waals surface area contributed by atoms with Gasteiger partial charge in [0.05, 0.1) is 0 Å². The molecule has 0 aromatic heterocycles. The molecule has 0 aliphatic carbocycles. The van der Waals surface area contributed by atoms with Gasteiger partial charge in [0.25, 0.3) is 0 Å². The highest BCUT2D eigenvalue weighted by molar-refractivity contribution is 5.41. The summed E-state index contributed by atoms with van der Waals surface area (Å²) in [7, 11) is 0. The van der Waals surface area contributed by atoms with Crippen LogP contribution < -0.4 is 0 Å². The Morgan fingerprint density at radius 1 is 0.895 bits per heavy atom. The third-order valence-electron chi connectivity index (χ3n) is 3.59. The van der Waals surface area contributed by atoms with Crippen LogP contribution in [0.2, 0.25) is 0 Å². The molecule has 0 radical (unpaired) electrons. The summed E-state index contributed by atoms with van der Waals surface area (Å²) < 4.78 is 0. The summed E-state index contributed by atoms with van der Waals surface area (Å²) in [4.78, 5) is 0. The zero-order chi connectivity index (χ0) is 13.8. The molecule has 0 bridgehead atoms. The molecule has 100 valence electrons. The molecule has 2 aromatic carbocycles. The molecule has 0 fully saturated rings. The molecule has 2 heteroatoms. The number of phenols is 2. The summed E-state index contributed by atoms with van der Waals surface area (Å²) in [5.74, 6) is 0.955. The van der Waals surface area contributed by atoms with Crippen LogP contribution >= 0.6 is 0 Å². The van der Waals surface area contributed by atoms with Crippen molar-refractivity contribution in [2.45, 2.75) is 32.6 Å². The van der Waals surface area contributed by atoms with Gasteiger partial charge in [-0.2, -0.15) is 0 Å². The van der Waals surface area contributed by atoms with Crippen molar-refractivity contribution in [3.63, 3.8) is 0 Å². The van der Waals surface area contributed by atoms with Crippen LogP contribution in [0.1, 0.15) is 42.9 Å². The summed E-state index contributed by atoms with van der Waals surface area (Å²) >= 11 is 0. The number of aryl methyl sites for hydroxylation is 1. The van der Waals surface area contributed by atoms with Gasteiger partial charge >= 0.3 is 0 Å². The first kappa shape index (κ1) is 13.5. The Morgan fingerprint density at radius 2 is 1.53 bits per heavy atom. The van der Waals surface area contributed by atoms with Crippen LogP contribution in [0, 0.1) is 0 Å². The van der Waals surface area contributed by atoms with E-state index in [1.54, 1.807) is 18.2 Å². The number of hydrogen-bond acceptors (Lipinski definition) is 2. The van der Waals surface area contributed by atoms with Crippen molar-refractivity contribution in [1.29, 1.82) is 0 Å². The molecule has 0 spiro atoms. The number of benzene rings is 2. The van der Waals surface area contributed by atoms with E-state index < -0.39 is 0 Å². The molecule has 2 N–H and O–H groups in total. The normalized spacial score (nSPS) is 12.3. The lowest BCUT2D eigenvalue weighted by atomic mass is 9.88. The average molecular weight is 256 g/mol. The molecule has 2 rings (SSSR count). The molecule has 2 nitrogen and oxygen atoms in total. The van der Waals surface area contributed by atoms with E-state index in [0.717, 1.165) is 18.4 Å². The molecule has 1 unspecified atom stereocenters. The third kappa shape index (κ3) is 2.90. The Kier molecular flexibility index (Phi) is 4.10. The van der Waals surface area contributed by atoms with E-state index in [2.05, 4.69) is 13.0 Å². The zero-order valence-electron chi connectivity index (χ0n) is 11.4. The molecule has 0 saturated heterocycles.